The molecule has 0 aliphatic carbocycles. The van der Waals surface area contributed by atoms with Crippen LogP contribution in [0.2, 0.25) is 0 Å². The van der Waals surface area contributed by atoms with Gasteiger partial charge in [0, 0.05) is 31.7 Å². The number of piperidine rings is 1. The van der Waals surface area contributed by atoms with Gasteiger partial charge in [-0.05, 0) is 56.4 Å². The van der Waals surface area contributed by atoms with Crippen LogP contribution in [0.4, 0.5) is 5.69 Å². The number of likely N-dealkylation sites (N-methyl/N-ethyl adjacent to an activating group) is 1. The van der Waals surface area contributed by atoms with E-state index in [0.717, 1.165) is 38.4 Å². The second-order valence-electron chi connectivity index (χ2n) is 7.20. The average molecular weight is 315 g/mol. The fourth-order valence-electron chi connectivity index (χ4n) is 3.84. The number of rotatable bonds is 3. The predicted octanol–water partition coefficient (Wildman–Crippen LogP) is 2.49. The summed E-state index contributed by atoms with van der Waals surface area (Å²) in [5, 5.41) is 3.47. The van der Waals surface area contributed by atoms with Crippen LogP contribution in [-0.2, 0) is 11.3 Å². The first-order valence-electron chi connectivity index (χ1n) is 8.92. The molecule has 23 heavy (non-hydrogen) atoms. The number of anilines is 1. The highest BCUT2D eigenvalue weighted by Gasteiger charge is 2.27. The van der Waals surface area contributed by atoms with E-state index >= 15 is 0 Å². The molecule has 2 aliphatic rings. The fourth-order valence-corrected chi connectivity index (χ4v) is 3.84. The number of carbonyl (C=O) groups excluding carboxylic acids is 1. The zero-order valence-electron chi connectivity index (χ0n) is 14.4. The molecule has 1 aromatic rings. The summed E-state index contributed by atoms with van der Waals surface area (Å²) in [6.45, 7) is 7.08. The maximum absolute atomic E-state index is 13.0. The van der Waals surface area contributed by atoms with E-state index in [4.69, 9.17) is 0 Å². The maximum Gasteiger partial charge on any atom is 0.227 e. The van der Waals surface area contributed by atoms with Gasteiger partial charge in [-0.1, -0.05) is 25.1 Å². The number of benzene rings is 1. The van der Waals surface area contributed by atoms with Crippen LogP contribution >= 0.6 is 0 Å². The Labute approximate surface area is 139 Å². The molecule has 1 aromatic carbocycles. The number of para-hydroxylation sites is 1. The SMILES string of the molecule is CC(CC(=O)N1CCN(C)Cc2ccccc21)C1CCCNC1. The van der Waals surface area contributed by atoms with Gasteiger partial charge in [0.1, 0.15) is 0 Å². The van der Waals surface area contributed by atoms with Crippen molar-refractivity contribution in [2.45, 2.75) is 32.7 Å². The van der Waals surface area contributed by atoms with Crippen LogP contribution in [0.5, 0.6) is 0 Å². The number of hydrogen-bond acceptors (Lipinski definition) is 3. The van der Waals surface area contributed by atoms with Crippen LogP contribution in [0.1, 0.15) is 31.7 Å². The van der Waals surface area contributed by atoms with Gasteiger partial charge in [0.2, 0.25) is 5.91 Å². The first-order valence-corrected chi connectivity index (χ1v) is 8.92. The minimum atomic E-state index is 0.283. The Morgan fingerprint density at radius 2 is 2.17 bits per heavy atom. The van der Waals surface area contributed by atoms with E-state index in [0.29, 0.717) is 18.3 Å². The smallest absolute Gasteiger partial charge is 0.227 e. The Hall–Kier alpha value is -1.39. The summed E-state index contributed by atoms with van der Waals surface area (Å²) in [5.74, 6) is 1.37. The molecule has 1 saturated heterocycles. The molecule has 1 fully saturated rings. The molecule has 4 nitrogen and oxygen atoms in total. The molecular formula is C19H29N3O. The van der Waals surface area contributed by atoms with Crippen LogP contribution in [0.25, 0.3) is 0 Å². The summed E-state index contributed by atoms with van der Waals surface area (Å²) >= 11 is 0. The molecule has 3 rings (SSSR count). The monoisotopic (exact) mass is 315 g/mol. The Bertz CT molecular complexity index is 539. The predicted molar refractivity (Wildman–Crippen MR) is 94.5 cm³/mol. The van der Waals surface area contributed by atoms with Gasteiger partial charge in [-0.25, -0.2) is 0 Å². The molecule has 0 saturated carbocycles. The number of hydrogen-bond donors (Lipinski definition) is 1. The lowest BCUT2D eigenvalue weighted by Gasteiger charge is -2.30. The molecule has 2 heterocycles. The van der Waals surface area contributed by atoms with Crippen molar-refractivity contribution in [2.75, 3.05) is 38.1 Å². The highest BCUT2D eigenvalue weighted by molar-refractivity contribution is 5.94. The van der Waals surface area contributed by atoms with Crippen molar-refractivity contribution in [1.29, 1.82) is 0 Å². The lowest BCUT2D eigenvalue weighted by atomic mass is 9.85. The van der Waals surface area contributed by atoms with Crippen LogP contribution in [0.15, 0.2) is 24.3 Å². The molecule has 4 heteroatoms. The molecule has 0 aromatic heterocycles. The lowest BCUT2D eigenvalue weighted by Crippen LogP contribution is -2.39. The standard InChI is InChI=1S/C19H29N3O/c1-15(16-7-5-9-20-13-16)12-19(23)22-11-10-21(2)14-17-6-3-4-8-18(17)22/h3-4,6,8,15-16,20H,5,7,9-14H2,1-2H3. The Morgan fingerprint density at radius 3 is 2.96 bits per heavy atom. The summed E-state index contributed by atoms with van der Waals surface area (Å²) < 4.78 is 0. The first-order chi connectivity index (χ1) is 11.1. The molecule has 2 atom stereocenters. The topological polar surface area (TPSA) is 35.6 Å². The quantitative estimate of drug-likeness (QED) is 0.931. The van der Waals surface area contributed by atoms with Gasteiger partial charge in [0.15, 0.2) is 0 Å². The van der Waals surface area contributed by atoms with Crippen molar-refractivity contribution >= 4 is 11.6 Å². The van der Waals surface area contributed by atoms with E-state index in [1.54, 1.807) is 0 Å². The number of fused-ring (bicyclic) bond motifs is 1. The van der Waals surface area contributed by atoms with Crippen LogP contribution in [0.3, 0.4) is 0 Å². The fraction of sp³-hybridized carbons (Fsp3) is 0.632. The molecule has 0 spiro atoms. The Kier molecular flexibility index (Phi) is 5.34. The third-order valence-electron chi connectivity index (χ3n) is 5.37. The second kappa shape index (κ2) is 7.45. The van der Waals surface area contributed by atoms with Crippen LogP contribution in [0, 0.1) is 11.8 Å². The normalized spacial score (nSPS) is 23.9. The number of amides is 1. The highest BCUT2D eigenvalue weighted by Crippen LogP contribution is 2.28. The Balaban J connectivity index is 1.71. The molecule has 2 aliphatic heterocycles. The van der Waals surface area contributed by atoms with Crippen molar-refractivity contribution in [2.24, 2.45) is 11.8 Å². The minimum absolute atomic E-state index is 0.283. The lowest BCUT2D eigenvalue weighted by molar-refractivity contribution is -0.119. The zero-order valence-corrected chi connectivity index (χ0v) is 14.4. The molecule has 1 amide bonds. The number of nitrogens with zero attached hydrogens (tertiary/aromatic N) is 2. The van der Waals surface area contributed by atoms with Gasteiger partial charge in [0.25, 0.3) is 0 Å². The summed E-state index contributed by atoms with van der Waals surface area (Å²) in [5.41, 5.74) is 2.36. The van der Waals surface area contributed by atoms with Gasteiger partial charge in [-0.3, -0.25) is 4.79 Å². The van der Waals surface area contributed by atoms with Crippen molar-refractivity contribution in [1.82, 2.24) is 10.2 Å². The zero-order chi connectivity index (χ0) is 16.2. The van der Waals surface area contributed by atoms with Gasteiger partial charge in [-0.15, -0.1) is 0 Å². The van der Waals surface area contributed by atoms with E-state index in [2.05, 4.69) is 42.4 Å². The van der Waals surface area contributed by atoms with E-state index in [1.807, 2.05) is 11.0 Å². The maximum atomic E-state index is 13.0. The number of nitrogens with one attached hydrogen (secondary N) is 1. The largest absolute Gasteiger partial charge is 0.316 e. The van der Waals surface area contributed by atoms with E-state index in [1.165, 1.54) is 18.4 Å². The van der Waals surface area contributed by atoms with Crippen molar-refractivity contribution in [3.8, 4) is 0 Å². The summed E-state index contributed by atoms with van der Waals surface area (Å²) in [6, 6.07) is 8.35. The molecule has 0 radical (unpaired) electrons. The van der Waals surface area contributed by atoms with Gasteiger partial charge >= 0.3 is 0 Å². The molecule has 126 valence electrons. The third-order valence-corrected chi connectivity index (χ3v) is 5.37. The van der Waals surface area contributed by atoms with Crippen LogP contribution < -0.4 is 10.2 Å². The first kappa shape index (κ1) is 16.5. The van der Waals surface area contributed by atoms with Crippen molar-refractivity contribution in [3.63, 3.8) is 0 Å². The molecule has 2 unspecified atom stereocenters. The van der Waals surface area contributed by atoms with E-state index in [-0.39, 0.29) is 5.91 Å². The highest BCUT2D eigenvalue weighted by atomic mass is 16.2. The summed E-state index contributed by atoms with van der Waals surface area (Å²) in [7, 11) is 2.13. The minimum Gasteiger partial charge on any atom is -0.316 e. The van der Waals surface area contributed by atoms with Crippen molar-refractivity contribution < 1.29 is 4.79 Å². The third kappa shape index (κ3) is 3.93. The second-order valence-corrected chi connectivity index (χ2v) is 7.20. The van der Waals surface area contributed by atoms with Gasteiger partial charge in [0.05, 0.1) is 0 Å². The van der Waals surface area contributed by atoms with Crippen molar-refractivity contribution in [3.05, 3.63) is 29.8 Å². The van der Waals surface area contributed by atoms with Gasteiger partial charge < -0.3 is 15.1 Å². The van der Waals surface area contributed by atoms with E-state index < -0.39 is 0 Å². The average Bonchev–Trinajstić information content (AvgIpc) is 2.73. The number of carbonyl (C=O) groups is 1. The van der Waals surface area contributed by atoms with Crippen LogP contribution in [-0.4, -0.2) is 44.0 Å². The summed E-state index contributed by atoms with van der Waals surface area (Å²) in [4.78, 5) is 17.3. The molecule has 1 N–H and O–H groups in total. The molecule has 0 bridgehead atoms. The van der Waals surface area contributed by atoms with E-state index in [9.17, 15) is 4.79 Å². The Morgan fingerprint density at radius 1 is 1.35 bits per heavy atom. The van der Waals surface area contributed by atoms with Gasteiger partial charge in [-0.2, -0.15) is 0 Å². The molecular weight excluding hydrogens is 286 g/mol. The summed E-state index contributed by atoms with van der Waals surface area (Å²) in [6.07, 6.45) is 3.14.